The number of hydrogen-bond acceptors (Lipinski definition) is 2. The van der Waals surface area contributed by atoms with Crippen molar-refractivity contribution in [1.29, 1.82) is 0 Å². The molecule has 3 rings (SSSR count). The fourth-order valence-corrected chi connectivity index (χ4v) is 2.12. The molecule has 102 valence electrons. The van der Waals surface area contributed by atoms with Gasteiger partial charge in [-0.05, 0) is 17.2 Å². The van der Waals surface area contributed by atoms with Crippen molar-refractivity contribution in [3.8, 4) is 0 Å². The summed E-state index contributed by atoms with van der Waals surface area (Å²) in [6.45, 7) is 0. The zero-order chi connectivity index (χ0) is 14.5. The third kappa shape index (κ3) is 2.98. The molecular weight excluding hydrogens is 260 g/mol. The molecule has 3 nitrogen and oxygen atoms in total. The number of carbonyl (C=O) groups is 1. The Hall–Kier alpha value is -2.94. The van der Waals surface area contributed by atoms with E-state index in [1.165, 1.54) is 10.9 Å². The molecule has 0 aliphatic carbocycles. The number of imidazole rings is 1. The van der Waals surface area contributed by atoms with Crippen molar-refractivity contribution in [3.05, 3.63) is 90.5 Å². The molecule has 0 N–H and O–H groups in total. The molecule has 0 radical (unpaired) electrons. The summed E-state index contributed by atoms with van der Waals surface area (Å²) in [5.74, 6) is -0.0949. The summed E-state index contributed by atoms with van der Waals surface area (Å²) in [4.78, 5) is 16.6. The Morgan fingerprint density at radius 3 is 2.24 bits per heavy atom. The van der Waals surface area contributed by atoms with Gasteiger partial charge in [0.25, 0.3) is 5.91 Å². The Morgan fingerprint density at radius 2 is 1.62 bits per heavy atom. The van der Waals surface area contributed by atoms with Crippen molar-refractivity contribution in [2.24, 2.45) is 0 Å². The molecule has 0 aliphatic rings. The second kappa shape index (κ2) is 6.01. The molecule has 3 aromatic rings. The first-order valence-electron chi connectivity index (χ1n) is 6.69. The van der Waals surface area contributed by atoms with Crippen molar-refractivity contribution < 1.29 is 4.79 Å². The average molecular weight is 274 g/mol. The van der Waals surface area contributed by atoms with Gasteiger partial charge in [-0.25, -0.2) is 4.98 Å². The van der Waals surface area contributed by atoms with E-state index in [1.54, 1.807) is 12.4 Å². The highest BCUT2D eigenvalue weighted by molar-refractivity contribution is 6.25. The summed E-state index contributed by atoms with van der Waals surface area (Å²) in [6, 6.07) is 19.5. The van der Waals surface area contributed by atoms with Gasteiger partial charge < -0.3 is 0 Å². The molecule has 0 aliphatic heterocycles. The van der Waals surface area contributed by atoms with Crippen LogP contribution in [0.1, 0.15) is 15.9 Å². The molecule has 0 saturated heterocycles. The van der Waals surface area contributed by atoms with Crippen LogP contribution < -0.4 is 0 Å². The monoisotopic (exact) mass is 274 g/mol. The lowest BCUT2D eigenvalue weighted by Crippen LogP contribution is -2.10. The Kier molecular flexibility index (Phi) is 3.74. The Morgan fingerprint density at radius 1 is 0.952 bits per heavy atom. The van der Waals surface area contributed by atoms with E-state index in [9.17, 15) is 4.79 Å². The second-order valence-corrected chi connectivity index (χ2v) is 4.61. The molecule has 0 spiro atoms. The van der Waals surface area contributed by atoms with E-state index in [4.69, 9.17) is 0 Å². The lowest BCUT2D eigenvalue weighted by atomic mass is 10.0. The lowest BCUT2D eigenvalue weighted by Gasteiger charge is -2.08. The van der Waals surface area contributed by atoms with Crippen molar-refractivity contribution in [2.75, 3.05) is 0 Å². The number of rotatable bonds is 3. The topological polar surface area (TPSA) is 34.9 Å². The highest BCUT2D eigenvalue weighted by Crippen LogP contribution is 2.20. The van der Waals surface area contributed by atoms with Crippen LogP contribution in [0.25, 0.3) is 11.6 Å². The molecule has 0 fully saturated rings. The Labute approximate surface area is 123 Å². The van der Waals surface area contributed by atoms with Gasteiger partial charge in [0.05, 0.1) is 0 Å². The quantitative estimate of drug-likeness (QED) is 0.538. The summed E-state index contributed by atoms with van der Waals surface area (Å²) >= 11 is 0. The molecule has 21 heavy (non-hydrogen) atoms. The highest BCUT2D eigenvalue weighted by atomic mass is 16.2. The van der Waals surface area contributed by atoms with E-state index >= 15 is 0 Å². The van der Waals surface area contributed by atoms with Crippen molar-refractivity contribution >= 4 is 17.6 Å². The summed E-state index contributed by atoms with van der Waals surface area (Å²) in [5, 5.41) is 0. The number of hydrogen-bond donors (Lipinski definition) is 0. The van der Waals surface area contributed by atoms with E-state index in [1.807, 2.05) is 66.7 Å². The summed E-state index contributed by atoms with van der Waals surface area (Å²) in [7, 11) is 0. The van der Waals surface area contributed by atoms with Crippen LogP contribution in [0.4, 0.5) is 0 Å². The van der Waals surface area contributed by atoms with E-state index < -0.39 is 0 Å². The predicted octanol–water partition coefficient (Wildman–Crippen LogP) is 3.76. The molecule has 0 unspecified atom stereocenters. The molecular formula is C18H14N2O. The van der Waals surface area contributed by atoms with Crippen LogP contribution in [0.5, 0.6) is 0 Å². The van der Waals surface area contributed by atoms with Crippen LogP contribution in [0.15, 0.2) is 79.4 Å². The third-order valence-electron chi connectivity index (χ3n) is 3.16. The zero-order valence-corrected chi connectivity index (χ0v) is 11.4. The van der Waals surface area contributed by atoms with Gasteiger partial charge in [-0.2, -0.15) is 0 Å². The standard InChI is InChI=1S/C18H14N2O/c21-18(20-12-11-19-14-20)17(16-9-5-2-6-10-16)13-15-7-3-1-4-8-15/h1-14H. The second-order valence-electron chi connectivity index (χ2n) is 4.61. The van der Waals surface area contributed by atoms with E-state index in [0.29, 0.717) is 5.57 Å². The SMILES string of the molecule is O=C(C(=Cc1ccccc1)c1ccccc1)n1ccnc1. The molecule has 0 amide bonds. The smallest absolute Gasteiger partial charge is 0.263 e. The van der Waals surface area contributed by atoms with Gasteiger partial charge >= 0.3 is 0 Å². The number of nitrogens with zero attached hydrogens (tertiary/aromatic N) is 2. The fraction of sp³-hybridized carbons (Fsp3) is 0. The van der Waals surface area contributed by atoms with Crippen LogP contribution in [-0.2, 0) is 0 Å². The minimum absolute atomic E-state index is 0.0949. The maximum absolute atomic E-state index is 12.7. The van der Waals surface area contributed by atoms with E-state index in [0.717, 1.165) is 11.1 Å². The van der Waals surface area contributed by atoms with Gasteiger partial charge in [0, 0.05) is 18.0 Å². The van der Waals surface area contributed by atoms with Crippen LogP contribution >= 0.6 is 0 Å². The molecule has 2 aromatic carbocycles. The van der Waals surface area contributed by atoms with Gasteiger partial charge in [0.2, 0.25) is 0 Å². The molecule has 0 atom stereocenters. The summed E-state index contributed by atoms with van der Waals surface area (Å²) in [6.07, 6.45) is 6.68. The summed E-state index contributed by atoms with van der Waals surface area (Å²) in [5.41, 5.74) is 2.52. The molecule has 1 aromatic heterocycles. The summed E-state index contributed by atoms with van der Waals surface area (Å²) < 4.78 is 1.49. The van der Waals surface area contributed by atoms with Crippen LogP contribution in [0.2, 0.25) is 0 Å². The first-order chi connectivity index (χ1) is 10.3. The van der Waals surface area contributed by atoms with Gasteiger partial charge in [-0.15, -0.1) is 0 Å². The minimum Gasteiger partial charge on any atom is -0.272 e. The highest BCUT2D eigenvalue weighted by Gasteiger charge is 2.13. The third-order valence-corrected chi connectivity index (χ3v) is 3.16. The Bertz CT molecular complexity index is 744. The molecule has 0 saturated carbocycles. The van der Waals surface area contributed by atoms with Gasteiger partial charge in [-0.1, -0.05) is 60.7 Å². The number of carbonyl (C=O) groups excluding carboxylic acids is 1. The van der Waals surface area contributed by atoms with E-state index in [2.05, 4.69) is 4.98 Å². The number of aromatic nitrogens is 2. The molecule has 1 heterocycles. The number of benzene rings is 2. The van der Waals surface area contributed by atoms with Crippen molar-refractivity contribution in [1.82, 2.24) is 9.55 Å². The molecule has 0 bridgehead atoms. The van der Waals surface area contributed by atoms with Crippen LogP contribution in [-0.4, -0.2) is 15.5 Å². The van der Waals surface area contributed by atoms with Crippen LogP contribution in [0, 0.1) is 0 Å². The van der Waals surface area contributed by atoms with Crippen molar-refractivity contribution in [2.45, 2.75) is 0 Å². The average Bonchev–Trinajstić information content (AvgIpc) is 3.08. The van der Waals surface area contributed by atoms with Gasteiger partial charge in [0.1, 0.15) is 6.33 Å². The fourth-order valence-electron chi connectivity index (χ4n) is 2.12. The van der Waals surface area contributed by atoms with Gasteiger partial charge in [-0.3, -0.25) is 9.36 Å². The predicted molar refractivity (Wildman–Crippen MR) is 83.6 cm³/mol. The maximum Gasteiger partial charge on any atom is 0.263 e. The normalized spacial score (nSPS) is 11.3. The van der Waals surface area contributed by atoms with Crippen molar-refractivity contribution in [3.63, 3.8) is 0 Å². The van der Waals surface area contributed by atoms with E-state index in [-0.39, 0.29) is 5.91 Å². The molecule has 3 heteroatoms. The lowest BCUT2D eigenvalue weighted by molar-refractivity contribution is 0.0980. The van der Waals surface area contributed by atoms with Crippen LogP contribution in [0.3, 0.4) is 0 Å². The number of allylic oxidation sites excluding steroid dienone is 1. The first-order valence-corrected chi connectivity index (χ1v) is 6.69. The minimum atomic E-state index is -0.0949. The van der Waals surface area contributed by atoms with Gasteiger partial charge in [0.15, 0.2) is 0 Å². The Balaban J connectivity index is 2.08. The largest absolute Gasteiger partial charge is 0.272 e. The zero-order valence-electron chi connectivity index (χ0n) is 11.4. The maximum atomic E-state index is 12.7. The first kappa shape index (κ1) is 13.1.